The Labute approximate surface area is 124 Å². The Morgan fingerprint density at radius 2 is 2.10 bits per heavy atom. The van der Waals surface area contributed by atoms with Crippen LogP contribution in [0.25, 0.3) is 11.0 Å². The SMILES string of the molecule is Cc1ccc(Br)cc1NC(=O)c1ccc2nc[nH]c2c1. The van der Waals surface area contributed by atoms with Crippen molar-refractivity contribution in [2.45, 2.75) is 6.92 Å². The second kappa shape index (κ2) is 5.09. The van der Waals surface area contributed by atoms with Crippen LogP contribution in [0, 0.1) is 6.92 Å². The number of hydrogen-bond donors (Lipinski definition) is 2. The summed E-state index contributed by atoms with van der Waals surface area (Å²) in [7, 11) is 0. The number of aromatic nitrogens is 2. The summed E-state index contributed by atoms with van der Waals surface area (Å²) < 4.78 is 0.933. The number of rotatable bonds is 2. The van der Waals surface area contributed by atoms with Crippen LogP contribution in [0.5, 0.6) is 0 Å². The van der Waals surface area contributed by atoms with Gasteiger partial charge in [-0.05, 0) is 42.8 Å². The lowest BCUT2D eigenvalue weighted by atomic mass is 10.1. The van der Waals surface area contributed by atoms with E-state index < -0.39 is 0 Å². The van der Waals surface area contributed by atoms with Crippen molar-refractivity contribution < 1.29 is 4.79 Å². The lowest BCUT2D eigenvalue weighted by Crippen LogP contribution is -2.12. The molecule has 0 atom stereocenters. The predicted molar refractivity (Wildman–Crippen MR) is 82.9 cm³/mol. The maximum atomic E-state index is 12.3. The molecular formula is C15H12BrN3O. The number of hydrogen-bond acceptors (Lipinski definition) is 2. The zero-order valence-electron chi connectivity index (χ0n) is 10.8. The first-order valence-corrected chi connectivity index (χ1v) is 6.93. The number of imidazole rings is 1. The molecule has 3 aromatic rings. The van der Waals surface area contributed by atoms with Crippen molar-refractivity contribution in [2.24, 2.45) is 0 Å². The summed E-state index contributed by atoms with van der Waals surface area (Å²) in [5.41, 5.74) is 4.11. The summed E-state index contributed by atoms with van der Waals surface area (Å²) in [4.78, 5) is 19.4. The van der Waals surface area contributed by atoms with Gasteiger partial charge in [-0.25, -0.2) is 4.98 Å². The van der Waals surface area contributed by atoms with E-state index in [0.717, 1.165) is 26.8 Å². The van der Waals surface area contributed by atoms with Gasteiger partial charge in [0.25, 0.3) is 5.91 Å². The first kappa shape index (κ1) is 12.9. The summed E-state index contributed by atoms with van der Waals surface area (Å²) in [6.45, 7) is 1.96. The first-order chi connectivity index (χ1) is 9.63. The molecule has 3 rings (SSSR count). The number of benzene rings is 2. The number of nitrogens with one attached hydrogen (secondary N) is 2. The number of carbonyl (C=O) groups excluding carboxylic acids is 1. The van der Waals surface area contributed by atoms with Crippen LogP contribution in [0.1, 0.15) is 15.9 Å². The zero-order valence-corrected chi connectivity index (χ0v) is 12.4. The van der Waals surface area contributed by atoms with E-state index in [4.69, 9.17) is 0 Å². The van der Waals surface area contributed by atoms with E-state index in [1.807, 2.05) is 31.2 Å². The first-order valence-electron chi connectivity index (χ1n) is 6.14. The van der Waals surface area contributed by atoms with Crippen molar-refractivity contribution in [3.05, 3.63) is 58.3 Å². The largest absolute Gasteiger partial charge is 0.345 e. The summed E-state index contributed by atoms with van der Waals surface area (Å²) in [6, 6.07) is 11.2. The molecule has 100 valence electrons. The number of anilines is 1. The molecule has 0 fully saturated rings. The molecule has 2 N–H and O–H groups in total. The summed E-state index contributed by atoms with van der Waals surface area (Å²) in [5.74, 6) is -0.136. The van der Waals surface area contributed by atoms with E-state index in [1.165, 1.54) is 0 Å². The highest BCUT2D eigenvalue weighted by atomic mass is 79.9. The Kier molecular flexibility index (Phi) is 3.28. The monoisotopic (exact) mass is 329 g/mol. The van der Waals surface area contributed by atoms with E-state index in [1.54, 1.807) is 18.5 Å². The number of nitrogens with zero attached hydrogens (tertiary/aromatic N) is 1. The minimum Gasteiger partial charge on any atom is -0.345 e. The Morgan fingerprint density at radius 3 is 2.95 bits per heavy atom. The van der Waals surface area contributed by atoms with Gasteiger partial charge in [-0.15, -0.1) is 0 Å². The van der Waals surface area contributed by atoms with Crippen LogP contribution in [-0.4, -0.2) is 15.9 Å². The number of carbonyl (C=O) groups is 1. The molecule has 0 saturated heterocycles. The number of H-pyrrole nitrogens is 1. The number of aryl methyl sites for hydroxylation is 1. The fourth-order valence-corrected chi connectivity index (χ4v) is 2.36. The van der Waals surface area contributed by atoms with Gasteiger partial charge in [0.05, 0.1) is 17.4 Å². The zero-order chi connectivity index (χ0) is 14.1. The van der Waals surface area contributed by atoms with E-state index in [-0.39, 0.29) is 5.91 Å². The topological polar surface area (TPSA) is 57.8 Å². The molecule has 0 saturated carbocycles. The van der Waals surface area contributed by atoms with E-state index in [0.29, 0.717) is 5.56 Å². The maximum absolute atomic E-state index is 12.3. The van der Waals surface area contributed by atoms with Crippen LogP contribution in [0.15, 0.2) is 47.2 Å². The third kappa shape index (κ3) is 2.44. The van der Waals surface area contributed by atoms with Gasteiger partial charge in [0.15, 0.2) is 0 Å². The van der Waals surface area contributed by atoms with E-state index in [2.05, 4.69) is 31.2 Å². The molecule has 0 spiro atoms. The maximum Gasteiger partial charge on any atom is 0.255 e. The lowest BCUT2D eigenvalue weighted by molar-refractivity contribution is 0.102. The molecule has 0 radical (unpaired) electrons. The minimum absolute atomic E-state index is 0.136. The molecule has 5 heteroatoms. The van der Waals surface area contributed by atoms with Crippen LogP contribution in [0.2, 0.25) is 0 Å². The number of halogens is 1. The van der Waals surface area contributed by atoms with Crippen LogP contribution < -0.4 is 5.32 Å². The molecule has 20 heavy (non-hydrogen) atoms. The summed E-state index contributed by atoms with van der Waals surface area (Å²) >= 11 is 3.41. The normalized spacial score (nSPS) is 10.7. The Morgan fingerprint density at radius 1 is 1.25 bits per heavy atom. The van der Waals surface area contributed by atoms with Gasteiger partial charge in [0.1, 0.15) is 0 Å². The van der Waals surface area contributed by atoms with Crippen molar-refractivity contribution in [3.8, 4) is 0 Å². The van der Waals surface area contributed by atoms with Crippen molar-refractivity contribution in [1.82, 2.24) is 9.97 Å². The average Bonchev–Trinajstić information content (AvgIpc) is 2.90. The molecule has 1 amide bonds. The van der Waals surface area contributed by atoms with Gasteiger partial charge < -0.3 is 10.3 Å². The molecule has 0 aliphatic rings. The van der Waals surface area contributed by atoms with Gasteiger partial charge in [0.2, 0.25) is 0 Å². The van der Waals surface area contributed by atoms with Crippen LogP contribution in [-0.2, 0) is 0 Å². The number of aromatic amines is 1. The van der Waals surface area contributed by atoms with E-state index in [9.17, 15) is 4.79 Å². The lowest BCUT2D eigenvalue weighted by Gasteiger charge is -2.09. The molecule has 1 aromatic heterocycles. The van der Waals surface area contributed by atoms with Crippen molar-refractivity contribution in [1.29, 1.82) is 0 Å². The highest BCUT2D eigenvalue weighted by molar-refractivity contribution is 9.10. The Balaban J connectivity index is 1.90. The van der Waals surface area contributed by atoms with Gasteiger partial charge in [-0.3, -0.25) is 4.79 Å². The quantitative estimate of drug-likeness (QED) is 0.749. The fraction of sp³-hybridized carbons (Fsp3) is 0.0667. The van der Waals surface area contributed by atoms with Crippen LogP contribution in [0.3, 0.4) is 0 Å². The molecule has 0 aliphatic heterocycles. The minimum atomic E-state index is -0.136. The fourth-order valence-electron chi connectivity index (χ4n) is 2.00. The van der Waals surface area contributed by atoms with Gasteiger partial charge in [-0.2, -0.15) is 0 Å². The van der Waals surface area contributed by atoms with Crippen molar-refractivity contribution >= 4 is 38.6 Å². The van der Waals surface area contributed by atoms with Gasteiger partial charge in [-0.1, -0.05) is 22.0 Å². The van der Waals surface area contributed by atoms with Crippen LogP contribution >= 0.6 is 15.9 Å². The average molecular weight is 330 g/mol. The van der Waals surface area contributed by atoms with Gasteiger partial charge in [0, 0.05) is 15.7 Å². The molecular weight excluding hydrogens is 318 g/mol. The van der Waals surface area contributed by atoms with E-state index >= 15 is 0 Å². The number of fused-ring (bicyclic) bond motifs is 1. The summed E-state index contributed by atoms with van der Waals surface area (Å²) in [5, 5.41) is 2.92. The highest BCUT2D eigenvalue weighted by Gasteiger charge is 2.09. The number of amides is 1. The molecule has 4 nitrogen and oxygen atoms in total. The third-order valence-corrected chi connectivity index (χ3v) is 3.62. The molecule has 2 aromatic carbocycles. The summed E-state index contributed by atoms with van der Waals surface area (Å²) in [6.07, 6.45) is 1.62. The van der Waals surface area contributed by atoms with Crippen molar-refractivity contribution in [3.63, 3.8) is 0 Å². The van der Waals surface area contributed by atoms with Gasteiger partial charge >= 0.3 is 0 Å². The third-order valence-electron chi connectivity index (χ3n) is 3.13. The molecule has 0 aliphatic carbocycles. The molecule has 0 bridgehead atoms. The molecule has 0 unspecified atom stereocenters. The standard InChI is InChI=1S/C15H12BrN3O/c1-9-2-4-11(16)7-13(9)19-15(20)10-3-5-12-14(6-10)18-8-17-12/h2-8H,1H3,(H,17,18)(H,19,20). The smallest absolute Gasteiger partial charge is 0.255 e. The predicted octanol–water partition coefficient (Wildman–Crippen LogP) is 3.89. The second-order valence-electron chi connectivity index (χ2n) is 4.55. The Bertz CT molecular complexity index is 795. The second-order valence-corrected chi connectivity index (χ2v) is 5.46. The molecule has 1 heterocycles. The van der Waals surface area contributed by atoms with Crippen molar-refractivity contribution in [2.75, 3.05) is 5.32 Å². The van der Waals surface area contributed by atoms with Crippen LogP contribution in [0.4, 0.5) is 5.69 Å². The Hall–Kier alpha value is -2.14. The highest BCUT2D eigenvalue weighted by Crippen LogP contribution is 2.21.